The zero-order valence-electron chi connectivity index (χ0n) is 14.5. The van der Waals surface area contributed by atoms with Crippen molar-refractivity contribution in [2.45, 2.75) is 39.0 Å². The molecule has 0 unspecified atom stereocenters. The lowest BCUT2D eigenvalue weighted by atomic mass is 10.0. The normalized spacial score (nSPS) is 13.5. The molecule has 0 radical (unpaired) electrons. The Morgan fingerprint density at radius 2 is 1.72 bits per heavy atom. The highest BCUT2D eigenvalue weighted by molar-refractivity contribution is 5.87. The molecular weight excluding hydrogens is 330 g/mol. The van der Waals surface area contributed by atoms with E-state index in [0.717, 1.165) is 12.3 Å². The van der Waals surface area contributed by atoms with Crippen molar-refractivity contribution in [1.82, 2.24) is 5.32 Å². The van der Waals surface area contributed by atoms with Crippen LogP contribution in [0.1, 0.15) is 29.5 Å². The monoisotopic (exact) mass is 353 g/mol. The standard InChI is InChI=1S/C22H23NO.ClH/c1-16-6-8-17(9-7-16)15-24-22-13-10-18-4-2-3-5-20(18)21(22)14-23-19-11-12-19;/h2-10,13,19,23H,11-12,14-15H2,1H3;1H. The van der Waals surface area contributed by atoms with Gasteiger partial charge in [0.15, 0.2) is 0 Å². The number of fused-ring (bicyclic) bond motifs is 1. The van der Waals surface area contributed by atoms with Gasteiger partial charge in [-0.3, -0.25) is 0 Å². The molecule has 130 valence electrons. The third-order valence-electron chi connectivity index (χ3n) is 4.66. The van der Waals surface area contributed by atoms with Crippen LogP contribution in [0.2, 0.25) is 0 Å². The molecule has 3 heteroatoms. The van der Waals surface area contributed by atoms with Crippen molar-refractivity contribution >= 4 is 23.2 Å². The van der Waals surface area contributed by atoms with Crippen LogP contribution in [0.5, 0.6) is 5.75 Å². The molecule has 1 saturated carbocycles. The molecule has 3 aromatic rings. The summed E-state index contributed by atoms with van der Waals surface area (Å²) in [7, 11) is 0. The van der Waals surface area contributed by atoms with Crippen LogP contribution in [0, 0.1) is 6.92 Å². The van der Waals surface area contributed by atoms with E-state index in [2.05, 4.69) is 72.9 Å². The Hall–Kier alpha value is -2.03. The van der Waals surface area contributed by atoms with E-state index in [4.69, 9.17) is 4.74 Å². The molecule has 2 nitrogen and oxygen atoms in total. The maximum Gasteiger partial charge on any atom is 0.124 e. The Balaban J connectivity index is 0.00000182. The van der Waals surface area contributed by atoms with Crippen molar-refractivity contribution in [1.29, 1.82) is 0 Å². The topological polar surface area (TPSA) is 21.3 Å². The Labute approximate surface area is 155 Å². The highest BCUT2D eigenvalue weighted by Gasteiger charge is 2.21. The minimum absolute atomic E-state index is 0. The first-order valence-corrected chi connectivity index (χ1v) is 8.72. The van der Waals surface area contributed by atoms with E-state index in [0.29, 0.717) is 12.6 Å². The maximum absolute atomic E-state index is 6.18. The Bertz CT molecular complexity index is 840. The third-order valence-corrected chi connectivity index (χ3v) is 4.66. The molecule has 0 aliphatic heterocycles. The van der Waals surface area contributed by atoms with Gasteiger partial charge in [0.2, 0.25) is 0 Å². The molecule has 0 amide bonds. The number of hydrogen-bond acceptors (Lipinski definition) is 2. The van der Waals surface area contributed by atoms with Gasteiger partial charge in [-0.25, -0.2) is 0 Å². The van der Waals surface area contributed by atoms with E-state index in [1.807, 2.05) is 0 Å². The van der Waals surface area contributed by atoms with Gasteiger partial charge in [-0.2, -0.15) is 0 Å². The fourth-order valence-electron chi connectivity index (χ4n) is 3.01. The second-order valence-corrected chi connectivity index (χ2v) is 6.69. The summed E-state index contributed by atoms with van der Waals surface area (Å²) in [4.78, 5) is 0. The molecule has 0 spiro atoms. The smallest absolute Gasteiger partial charge is 0.124 e. The molecule has 0 saturated heterocycles. The van der Waals surface area contributed by atoms with E-state index < -0.39 is 0 Å². The number of aryl methyl sites for hydroxylation is 1. The summed E-state index contributed by atoms with van der Waals surface area (Å²) in [5, 5.41) is 6.19. The average Bonchev–Trinajstić information content (AvgIpc) is 3.44. The summed E-state index contributed by atoms with van der Waals surface area (Å²) in [6.45, 7) is 3.58. The minimum Gasteiger partial charge on any atom is -0.489 e. The maximum atomic E-state index is 6.18. The zero-order valence-corrected chi connectivity index (χ0v) is 15.3. The highest BCUT2D eigenvalue weighted by Crippen LogP contribution is 2.30. The number of ether oxygens (including phenoxy) is 1. The van der Waals surface area contributed by atoms with Crippen LogP contribution in [0.15, 0.2) is 60.7 Å². The number of rotatable bonds is 6. The summed E-state index contributed by atoms with van der Waals surface area (Å²) in [6.07, 6.45) is 2.59. The quantitative estimate of drug-likeness (QED) is 0.640. The van der Waals surface area contributed by atoms with E-state index in [1.54, 1.807) is 0 Å². The fourth-order valence-corrected chi connectivity index (χ4v) is 3.01. The van der Waals surface area contributed by atoms with Crippen molar-refractivity contribution in [2.75, 3.05) is 0 Å². The van der Waals surface area contributed by atoms with Gasteiger partial charge in [0, 0.05) is 18.2 Å². The molecular formula is C22H24ClNO. The molecule has 25 heavy (non-hydrogen) atoms. The van der Waals surface area contributed by atoms with Crippen molar-refractivity contribution in [3.05, 3.63) is 77.4 Å². The lowest BCUT2D eigenvalue weighted by Crippen LogP contribution is -2.16. The molecule has 3 aromatic carbocycles. The van der Waals surface area contributed by atoms with Crippen molar-refractivity contribution in [3.63, 3.8) is 0 Å². The SMILES string of the molecule is Cc1ccc(COc2ccc3ccccc3c2CNC2CC2)cc1.Cl. The molecule has 0 aromatic heterocycles. The van der Waals surface area contributed by atoms with E-state index in [1.165, 1.54) is 40.3 Å². The zero-order chi connectivity index (χ0) is 16.4. The first kappa shape index (κ1) is 17.8. The van der Waals surface area contributed by atoms with Crippen LogP contribution < -0.4 is 10.1 Å². The summed E-state index contributed by atoms with van der Waals surface area (Å²) in [5.41, 5.74) is 3.75. The number of benzene rings is 3. The summed E-state index contributed by atoms with van der Waals surface area (Å²) in [5.74, 6) is 0.988. The lowest BCUT2D eigenvalue weighted by Gasteiger charge is -2.15. The van der Waals surface area contributed by atoms with Gasteiger partial charge in [0.25, 0.3) is 0 Å². The minimum atomic E-state index is 0. The molecule has 1 aliphatic carbocycles. The summed E-state index contributed by atoms with van der Waals surface area (Å²) >= 11 is 0. The Morgan fingerprint density at radius 1 is 0.960 bits per heavy atom. The van der Waals surface area contributed by atoms with E-state index in [9.17, 15) is 0 Å². The predicted molar refractivity (Wildman–Crippen MR) is 107 cm³/mol. The second kappa shape index (κ2) is 7.90. The molecule has 0 atom stereocenters. The van der Waals surface area contributed by atoms with Gasteiger partial charge in [0.05, 0.1) is 0 Å². The molecule has 0 heterocycles. The number of halogens is 1. The molecule has 1 aliphatic rings. The third kappa shape index (κ3) is 4.33. The average molecular weight is 354 g/mol. The van der Waals surface area contributed by atoms with Gasteiger partial charge in [-0.05, 0) is 42.2 Å². The van der Waals surface area contributed by atoms with Crippen molar-refractivity contribution in [2.24, 2.45) is 0 Å². The first-order chi connectivity index (χ1) is 11.8. The molecule has 0 bridgehead atoms. The van der Waals surface area contributed by atoms with Gasteiger partial charge in [-0.1, -0.05) is 60.2 Å². The molecule has 1 fully saturated rings. The predicted octanol–water partition coefficient (Wildman–Crippen LogP) is 5.40. The number of hydrogen-bond donors (Lipinski definition) is 1. The second-order valence-electron chi connectivity index (χ2n) is 6.69. The van der Waals surface area contributed by atoms with E-state index in [-0.39, 0.29) is 12.4 Å². The molecule has 1 N–H and O–H groups in total. The van der Waals surface area contributed by atoms with Crippen LogP contribution in [0.4, 0.5) is 0 Å². The Morgan fingerprint density at radius 3 is 2.48 bits per heavy atom. The van der Waals surface area contributed by atoms with Crippen LogP contribution >= 0.6 is 12.4 Å². The lowest BCUT2D eigenvalue weighted by molar-refractivity contribution is 0.302. The van der Waals surface area contributed by atoms with Crippen LogP contribution in [-0.2, 0) is 13.2 Å². The highest BCUT2D eigenvalue weighted by atomic mass is 35.5. The van der Waals surface area contributed by atoms with E-state index >= 15 is 0 Å². The van der Waals surface area contributed by atoms with Gasteiger partial charge in [-0.15, -0.1) is 12.4 Å². The van der Waals surface area contributed by atoms with Crippen LogP contribution in [0.25, 0.3) is 10.8 Å². The largest absolute Gasteiger partial charge is 0.489 e. The summed E-state index contributed by atoms with van der Waals surface area (Å²) in [6, 6.07) is 22.0. The van der Waals surface area contributed by atoms with Gasteiger partial charge in [0.1, 0.15) is 12.4 Å². The van der Waals surface area contributed by atoms with Gasteiger partial charge < -0.3 is 10.1 Å². The first-order valence-electron chi connectivity index (χ1n) is 8.72. The molecule has 4 rings (SSSR count). The Kier molecular flexibility index (Phi) is 5.62. The van der Waals surface area contributed by atoms with Crippen molar-refractivity contribution < 1.29 is 4.74 Å². The fraction of sp³-hybridized carbons (Fsp3) is 0.273. The number of nitrogens with one attached hydrogen (secondary N) is 1. The van der Waals surface area contributed by atoms with Crippen LogP contribution in [-0.4, -0.2) is 6.04 Å². The van der Waals surface area contributed by atoms with Crippen molar-refractivity contribution in [3.8, 4) is 5.75 Å². The summed E-state index contributed by atoms with van der Waals surface area (Å²) < 4.78 is 6.18. The van der Waals surface area contributed by atoms with Crippen LogP contribution in [0.3, 0.4) is 0 Å². The van der Waals surface area contributed by atoms with Gasteiger partial charge >= 0.3 is 0 Å².